The largest absolute Gasteiger partial charge is 0.494 e. The third-order valence-electron chi connectivity index (χ3n) is 2.35. The zero-order valence-corrected chi connectivity index (χ0v) is 14.3. The van der Waals surface area contributed by atoms with Gasteiger partial charge in [-0.3, -0.25) is 0 Å². The molecule has 0 aromatic heterocycles. The molecule has 3 nitrogen and oxygen atoms in total. The van der Waals surface area contributed by atoms with Crippen molar-refractivity contribution >= 4 is 34.8 Å². The van der Waals surface area contributed by atoms with E-state index in [2.05, 4.69) is 31.4 Å². The van der Waals surface area contributed by atoms with Crippen LogP contribution in [0.25, 0.3) is 0 Å². The van der Waals surface area contributed by atoms with Crippen molar-refractivity contribution in [2.75, 3.05) is 24.2 Å². The first-order valence-corrected chi connectivity index (χ1v) is 8.22. The van der Waals surface area contributed by atoms with Crippen LogP contribution in [-0.2, 0) is 0 Å². The van der Waals surface area contributed by atoms with Crippen LogP contribution in [0.4, 0.5) is 5.69 Å². The van der Waals surface area contributed by atoms with Crippen LogP contribution in [0, 0.1) is 0 Å². The summed E-state index contributed by atoms with van der Waals surface area (Å²) in [6.07, 6.45) is 0. The van der Waals surface area contributed by atoms with Crippen LogP contribution in [-0.4, -0.2) is 28.8 Å². The summed E-state index contributed by atoms with van der Waals surface area (Å²) in [6, 6.07) is 7.79. The van der Waals surface area contributed by atoms with Gasteiger partial charge < -0.3 is 15.4 Å². The van der Waals surface area contributed by atoms with E-state index in [0.29, 0.717) is 16.5 Å². The summed E-state index contributed by atoms with van der Waals surface area (Å²) in [5, 5.41) is 7.03. The number of ether oxygens (including phenoxy) is 1. The highest BCUT2D eigenvalue weighted by atomic mass is 32.2. The van der Waals surface area contributed by atoms with E-state index < -0.39 is 0 Å². The molecule has 20 heavy (non-hydrogen) atoms. The van der Waals surface area contributed by atoms with Crippen LogP contribution in [0.1, 0.15) is 27.7 Å². The normalized spacial score (nSPS) is 11.0. The molecule has 1 aromatic rings. The van der Waals surface area contributed by atoms with Crippen LogP contribution in [0.15, 0.2) is 24.3 Å². The van der Waals surface area contributed by atoms with Gasteiger partial charge in [-0.1, -0.05) is 20.8 Å². The Morgan fingerprint density at radius 2 is 1.90 bits per heavy atom. The van der Waals surface area contributed by atoms with Crippen molar-refractivity contribution in [2.45, 2.75) is 32.4 Å². The third-order valence-corrected chi connectivity index (χ3v) is 3.87. The molecule has 0 amide bonds. The average molecular weight is 313 g/mol. The smallest absolute Gasteiger partial charge is 0.170 e. The standard InChI is InChI=1S/C15H24N2OS2/c1-5-18-13-8-6-12(7-9-13)17-14(19)16-10-11-20-15(2,3)4/h6-9H,5,10-11H2,1-4H3,(H2,16,17,19). The van der Waals surface area contributed by atoms with E-state index in [-0.39, 0.29) is 0 Å². The SMILES string of the molecule is CCOc1ccc(NC(=S)NCCSC(C)(C)C)cc1. The second kappa shape index (κ2) is 8.37. The van der Waals surface area contributed by atoms with Gasteiger partial charge in [0, 0.05) is 22.7 Å². The number of benzene rings is 1. The second-order valence-electron chi connectivity index (χ2n) is 5.30. The molecule has 1 aromatic carbocycles. The van der Waals surface area contributed by atoms with Crippen molar-refractivity contribution < 1.29 is 4.74 Å². The summed E-state index contributed by atoms with van der Waals surface area (Å²) < 4.78 is 5.70. The maximum Gasteiger partial charge on any atom is 0.170 e. The maximum absolute atomic E-state index is 5.40. The van der Waals surface area contributed by atoms with E-state index in [4.69, 9.17) is 17.0 Å². The Hall–Kier alpha value is -0.940. The topological polar surface area (TPSA) is 33.3 Å². The highest BCUT2D eigenvalue weighted by Crippen LogP contribution is 2.22. The number of thioether (sulfide) groups is 1. The summed E-state index contributed by atoms with van der Waals surface area (Å²) in [5.74, 6) is 1.91. The molecule has 0 aliphatic rings. The Morgan fingerprint density at radius 3 is 2.45 bits per heavy atom. The molecular weight excluding hydrogens is 288 g/mol. The second-order valence-corrected chi connectivity index (χ2v) is 7.63. The van der Waals surface area contributed by atoms with Crippen LogP contribution in [0.5, 0.6) is 5.75 Å². The fourth-order valence-electron chi connectivity index (χ4n) is 1.50. The van der Waals surface area contributed by atoms with Crippen LogP contribution in [0.3, 0.4) is 0 Å². The quantitative estimate of drug-likeness (QED) is 0.615. The predicted octanol–water partition coefficient (Wildman–Crippen LogP) is 3.90. The summed E-state index contributed by atoms with van der Waals surface area (Å²) in [4.78, 5) is 0. The number of hydrogen-bond acceptors (Lipinski definition) is 3. The van der Waals surface area contributed by atoms with Gasteiger partial charge in [0.05, 0.1) is 6.61 Å². The van der Waals surface area contributed by atoms with E-state index >= 15 is 0 Å². The van der Waals surface area contributed by atoms with Crippen molar-refractivity contribution in [2.24, 2.45) is 0 Å². The predicted molar refractivity (Wildman–Crippen MR) is 94.0 cm³/mol. The minimum atomic E-state index is 0.297. The lowest BCUT2D eigenvalue weighted by Crippen LogP contribution is -2.30. The molecule has 0 radical (unpaired) electrons. The Bertz CT molecular complexity index is 413. The Kier molecular flexibility index (Phi) is 7.16. The van der Waals surface area contributed by atoms with Crippen molar-refractivity contribution in [3.63, 3.8) is 0 Å². The summed E-state index contributed by atoms with van der Waals surface area (Å²) in [7, 11) is 0. The number of thiocarbonyl (C=S) groups is 1. The Balaban J connectivity index is 2.28. The van der Waals surface area contributed by atoms with Gasteiger partial charge >= 0.3 is 0 Å². The van der Waals surface area contributed by atoms with Gasteiger partial charge in [0.2, 0.25) is 0 Å². The van der Waals surface area contributed by atoms with Crippen LogP contribution in [0.2, 0.25) is 0 Å². The molecule has 0 heterocycles. The van der Waals surface area contributed by atoms with Gasteiger partial charge in [0.25, 0.3) is 0 Å². The van der Waals surface area contributed by atoms with E-state index in [1.165, 1.54) is 0 Å². The van der Waals surface area contributed by atoms with Gasteiger partial charge in [0.1, 0.15) is 5.75 Å². The van der Waals surface area contributed by atoms with Crippen molar-refractivity contribution in [3.8, 4) is 5.75 Å². The molecule has 0 unspecified atom stereocenters. The molecule has 0 atom stereocenters. The highest BCUT2D eigenvalue weighted by molar-refractivity contribution is 8.00. The summed E-state index contributed by atoms with van der Waals surface area (Å²) in [6.45, 7) is 10.2. The first-order valence-electron chi connectivity index (χ1n) is 6.82. The molecule has 0 saturated carbocycles. The fraction of sp³-hybridized carbons (Fsp3) is 0.533. The van der Waals surface area contributed by atoms with Gasteiger partial charge in [-0.2, -0.15) is 11.8 Å². The molecule has 0 aliphatic carbocycles. The molecule has 1 rings (SSSR count). The number of anilines is 1. The first-order chi connectivity index (χ1) is 9.40. The molecule has 5 heteroatoms. The Labute approximate surface area is 131 Å². The minimum absolute atomic E-state index is 0.297. The number of nitrogens with one attached hydrogen (secondary N) is 2. The average Bonchev–Trinajstić information content (AvgIpc) is 2.36. The number of rotatable bonds is 6. The summed E-state index contributed by atoms with van der Waals surface area (Å²) >= 11 is 7.19. The van der Waals surface area contributed by atoms with E-state index in [0.717, 1.165) is 23.7 Å². The zero-order chi connectivity index (χ0) is 15.0. The first kappa shape index (κ1) is 17.1. The lowest BCUT2D eigenvalue weighted by molar-refractivity contribution is 0.340. The van der Waals surface area contributed by atoms with Gasteiger partial charge in [-0.15, -0.1) is 0 Å². The van der Waals surface area contributed by atoms with Crippen molar-refractivity contribution in [3.05, 3.63) is 24.3 Å². The highest BCUT2D eigenvalue weighted by Gasteiger charge is 2.09. The lowest BCUT2D eigenvalue weighted by Gasteiger charge is -2.18. The third kappa shape index (κ3) is 7.60. The van der Waals surface area contributed by atoms with Crippen LogP contribution < -0.4 is 15.4 Å². The summed E-state index contributed by atoms with van der Waals surface area (Å²) in [5.41, 5.74) is 0.967. The molecular formula is C15H24N2OS2. The Morgan fingerprint density at radius 1 is 1.25 bits per heavy atom. The van der Waals surface area contributed by atoms with Gasteiger partial charge in [0.15, 0.2) is 5.11 Å². The van der Waals surface area contributed by atoms with Crippen molar-refractivity contribution in [1.82, 2.24) is 5.32 Å². The molecule has 112 valence electrons. The molecule has 2 N–H and O–H groups in total. The number of hydrogen-bond donors (Lipinski definition) is 2. The van der Waals surface area contributed by atoms with Gasteiger partial charge in [-0.05, 0) is 43.4 Å². The molecule has 0 saturated heterocycles. The molecule has 0 fully saturated rings. The zero-order valence-electron chi connectivity index (χ0n) is 12.7. The molecule has 0 bridgehead atoms. The molecule has 0 aliphatic heterocycles. The molecule has 0 spiro atoms. The fourth-order valence-corrected chi connectivity index (χ4v) is 2.53. The van der Waals surface area contributed by atoms with Gasteiger partial charge in [-0.25, -0.2) is 0 Å². The van der Waals surface area contributed by atoms with E-state index in [9.17, 15) is 0 Å². The minimum Gasteiger partial charge on any atom is -0.494 e. The van der Waals surface area contributed by atoms with E-state index in [1.54, 1.807) is 0 Å². The van der Waals surface area contributed by atoms with Crippen molar-refractivity contribution in [1.29, 1.82) is 0 Å². The monoisotopic (exact) mass is 312 g/mol. The van der Waals surface area contributed by atoms with E-state index in [1.807, 2.05) is 43.0 Å². The lowest BCUT2D eigenvalue weighted by atomic mass is 10.3. The maximum atomic E-state index is 5.40. The van der Waals surface area contributed by atoms with Crippen LogP contribution >= 0.6 is 24.0 Å².